The number of nitrogens with zero attached hydrogens (tertiary/aromatic N) is 1. The van der Waals surface area contributed by atoms with Crippen LogP contribution in [0.25, 0.3) is 0 Å². The number of nitrogens with one attached hydrogen (secondary N) is 1. The van der Waals surface area contributed by atoms with Crippen molar-refractivity contribution in [2.24, 2.45) is 5.84 Å². The smallest absolute Gasteiger partial charge is 0.289 e. The first kappa shape index (κ1) is 11.9. The van der Waals surface area contributed by atoms with Crippen molar-refractivity contribution in [3.05, 3.63) is 28.0 Å². The van der Waals surface area contributed by atoms with Gasteiger partial charge in [0.2, 0.25) is 0 Å². The zero-order chi connectivity index (χ0) is 11.6. The summed E-state index contributed by atoms with van der Waals surface area (Å²) in [5, 5.41) is 0. The molecule has 0 aliphatic carbocycles. The quantitative estimate of drug-likeness (QED) is 0.466. The van der Waals surface area contributed by atoms with Crippen LogP contribution in [-0.4, -0.2) is 10.9 Å². The van der Waals surface area contributed by atoms with E-state index in [0.29, 0.717) is 6.20 Å². The molecule has 0 aromatic carbocycles. The summed E-state index contributed by atoms with van der Waals surface area (Å²) in [5.74, 6) is 4.05. The van der Waals surface area contributed by atoms with Crippen molar-refractivity contribution < 1.29 is 18.0 Å². The molecular weight excluding hydrogens is 279 g/mol. The number of nitrogen functional groups attached to an aromatic ring is 1. The first-order valence-corrected chi connectivity index (χ1v) is 4.39. The lowest BCUT2D eigenvalue weighted by molar-refractivity contribution is -0.137. The minimum atomic E-state index is -4.49. The second-order valence-electron chi connectivity index (χ2n) is 2.53. The molecule has 15 heavy (non-hydrogen) atoms. The summed E-state index contributed by atoms with van der Waals surface area (Å²) in [7, 11) is 0. The highest BCUT2D eigenvalue weighted by Gasteiger charge is 2.31. The maximum atomic E-state index is 12.2. The Labute approximate surface area is 90.8 Å². The van der Waals surface area contributed by atoms with E-state index in [-0.39, 0.29) is 10.2 Å². The Kier molecular flexibility index (Phi) is 3.30. The topological polar surface area (TPSA) is 68.0 Å². The molecule has 0 aliphatic heterocycles. The van der Waals surface area contributed by atoms with Gasteiger partial charge in [-0.1, -0.05) is 0 Å². The van der Waals surface area contributed by atoms with Gasteiger partial charge in [0.1, 0.15) is 5.69 Å². The second-order valence-corrected chi connectivity index (χ2v) is 3.38. The molecule has 8 heteroatoms. The van der Waals surface area contributed by atoms with Crippen LogP contribution < -0.4 is 11.3 Å². The maximum absolute atomic E-state index is 12.2. The number of hydrogen-bond donors (Lipinski definition) is 2. The number of halogens is 4. The van der Waals surface area contributed by atoms with E-state index in [4.69, 9.17) is 5.84 Å². The Bertz CT molecular complexity index is 394. The summed E-state index contributed by atoms with van der Waals surface area (Å²) in [4.78, 5) is 14.3. The fourth-order valence-electron chi connectivity index (χ4n) is 0.828. The molecule has 3 N–H and O–H groups in total. The van der Waals surface area contributed by atoms with Gasteiger partial charge in [-0.2, -0.15) is 13.2 Å². The van der Waals surface area contributed by atoms with Gasteiger partial charge >= 0.3 is 6.18 Å². The number of rotatable bonds is 1. The molecule has 0 fully saturated rings. The van der Waals surface area contributed by atoms with Crippen LogP contribution in [0.2, 0.25) is 0 Å². The Balaban J connectivity index is 3.15. The lowest BCUT2D eigenvalue weighted by Crippen LogP contribution is -2.31. The molecule has 0 radical (unpaired) electrons. The van der Waals surface area contributed by atoms with Gasteiger partial charge < -0.3 is 0 Å². The van der Waals surface area contributed by atoms with E-state index in [1.54, 1.807) is 5.43 Å². The van der Waals surface area contributed by atoms with E-state index in [1.165, 1.54) is 0 Å². The fraction of sp³-hybridized carbons (Fsp3) is 0.143. The summed E-state index contributed by atoms with van der Waals surface area (Å²) >= 11 is 2.80. The number of hydrazine groups is 1. The molecule has 1 heterocycles. The molecule has 0 saturated carbocycles. The van der Waals surface area contributed by atoms with Gasteiger partial charge in [-0.05, 0) is 22.0 Å². The van der Waals surface area contributed by atoms with Gasteiger partial charge in [0.25, 0.3) is 5.91 Å². The standard InChI is InChI=1S/C7H5BrF3N3O/c8-4-1-3(7(9,10)11)2-13-5(4)6(15)14-12/h1-2H,12H2,(H,14,15). The van der Waals surface area contributed by atoms with Crippen LogP contribution >= 0.6 is 15.9 Å². The highest BCUT2D eigenvalue weighted by molar-refractivity contribution is 9.10. The third-order valence-electron chi connectivity index (χ3n) is 1.51. The SMILES string of the molecule is NNC(=O)c1ncc(C(F)(F)F)cc1Br. The van der Waals surface area contributed by atoms with E-state index in [0.717, 1.165) is 6.07 Å². The van der Waals surface area contributed by atoms with Crippen LogP contribution in [0.3, 0.4) is 0 Å². The minimum absolute atomic E-state index is 0.0692. The molecule has 1 amide bonds. The molecule has 0 spiro atoms. The Morgan fingerprint density at radius 3 is 2.53 bits per heavy atom. The molecule has 4 nitrogen and oxygen atoms in total. The fourth-order valence-corrected chi connectivity index (χ4v) is 1.36. The summed E-state index contributed by atoms with van der Waals surface area (Å²) in [6.07, 6.45) is -3.93. The predicted molar refractivity (Wildman–Crippen MR) is 48.6 cm³/mol. The number of pyridine rings is 1. The highest BCUT2D eigenvalue weighted by Crippen LogP contribution is 2.31. The maximum Gasteiger partial charge on any atom is 0.417 e. The highest BCUT2D eigenvalue weighted by atomic mass is 79.9. The second kappa shape index (κ2) is 4.15. The number of alkyl halides is 3. The van der Waals surface area contributed by atoms with Crippen molar-refractivity contribution in [3.8, 4) is 0 Å². The molecule has 0 aliphatic rings. The third-order valence-corrected chi connectivity index (χ3v) is 2.12. The van der Waals surface area contributed by atoms with Crippen LogP contribution in [0.1, 0.15) is 16.1 Å². The molecule has 0 atom stereocenters. The number of hydrogen-bond acceptors (Lipinski definition) is 3. The Morgan fingerprint density at radius 2 is 2.13 bits per heavy atom. The van der Waals surface area contributed by atoms with E-state index < -0.39 is 17.6 Å². The van der Waals surface area contributed by atoms with E-state index >= 15 is 0 Å². The van der Waals surface area contributed by atoms with E-state index in [9.17, 15) is 18.0 Å². The molecule has 0 saturated heterocycles. The van der Waals surface area contributed by atoms with Crippen molar-refractivity contribution >= 4 is 21.8 Å². The van der Waals surface area contributed by atoms with E-state index in [2.05, 4.69) is 20.9 Å². The third kappa shape index (κ3) is 2.66. The van der Waals surface area contributed by atoms with Gasteiger partial charge in [0.05, 0.1) is 5.56 Å². The molecule has 1 aromatic heterocycles. The molecule has 1 aromatic rings. The summed E-state index contributed by atoms with van der Waals surface area (Å²) in [5.41, 5.74) is 0.623. The molecular formula is C7H5BrF3N3O. The summed E-state index contributed by atoms with van der Waals surface area (Å²) < 4.78 is 36.5. The van der Waals surface area contributed by atoms with Crippen molar-refractivity contribution in [2.45, 2.75) is 6.18 Å². The van der Waals surface area contributed by atoms with Crippen molar-refractivity contribution in [2.75, 3.05) is 0 Å². The van der Waals surface area contributed by atoms with Gasteiger partial charge in [-0.25, -0.2) is 10.8 Å². The van der Waals surface area contributed by atoms with Crippen LogP contribution in [0, 0.1) is 0 Å². The van der Waals surface area contributed by atoms with Gasteiger partial charge in [-0.3, -0.25) is 10.2 Å². The zero-order valence-electron chi connectivity index (χ0n) is 7.10. The van der Waals surface area contributed by atoms with E-state index in [1.807, 2.05) is 0 Å². The van der Waals surface area contributed by atoms with Crippen LogP contribution in [-0.2, 0) is 6.18 Å². The van der Waals surface area contributed by atoms with Crippen LogP contribution in [0.5, 0.6) is 0 Å². The molecule has 1 rings (SSSR count). The lowest BCUT2D eigenvalue weighted by Gasteiger charge is -2.08. The summed E-state index contributed by atoms with van der Waals surface area (Å²) in [6, 6.07) is 0.761. The Morgan fingerprint density at radius 1 is 1.53 bits per heavy atom. The summed E-state index contributed by atoms with van der Waals surface area (Å²) in [6.45, 7) is 0. The normalized spacial score (nSPS) is 11.3. The predicted octanol–water partition coefficient (Wildman–Crippen LogP) is 1.47. The first-order chi connectivity index (χ1) is 6.86. The zero-order valence-corrected chi connectivity index (χ0v) is 8.69. The molecule has 0 unspecified atom stereocenters. The molecule has 82 valence electrons. The first-order valence-electron chi connectivity index (χ1n) is 3.60. The molecule has 0 bridgehead atoms. The van der Waals surface area contributed by atoms with Crippen molar-refractivity contribution in [3.63, 3.8) is 0 Å². The van der Waals surface area contributed by atoms with Gasteiger partial charge in [0.15, 0.2) is 0 Å². The van der Waals surface area contributed by atoms with Crippen molar-refractivity contribution in [1.82, 2.24) is 10.4 Å². The Hall–Kier alpha value is -1.15. The van der Waals surface area contributed by atoms with Crippen molar-refractivity contribution in [1.29, 1.82) is 0 Å². The average Bonchev–Trinajstić information content (AvgIpc) is 2.15. The number of nitrogens with two attached hydrogens (primary N) is 1. The number of aromatic nitrogens is 1. The lowest BCUT2D eigenvalue weighted by atomic mass is 10.2. The van der Waals surface area contributed by atoms with Gasteiger partial charge in [0, 0.05) is 10.7 Å². The number of carbonyl (C=O) groups excluding carboxylic acids is 1. The minimum Gasteiger partial charge on any atom is -0.289 e. The monoisotopic (exact) mass is 283 g/mol. The average molecular weight is 284 g/mol. The van der Waals surface area contributed by atoms with Crippen LogP contribution in [0.15, 0.2) is 16.7 Å². The largest absolute Gasteiger partial charge is 0.417 e. The van der Waals surface area contributed by atoms with Crippen LogP contribution in [0.4, 0.5) is 13.2 Å². The number of amides is 1. The number of carbonyl (C=O) groups is 1. The van der Waals surface area contributed by atoms with Gasteiger partial charge in [-0.15, -0.1) is 0 Å².